The van der Waals surface area contributed by atoms with Gasteiger partial charge in [0.05, 0.1) is 0 Å². The zero-order valence-electron chi connectivity index (χ0n) is 17.5. The van der Waals surface area contributed by atoms with Gasteiger partial charge in [-0.3, -0.25) is 9.79 Å². The van der Waals surface area contributed by atoms with E-state index in [1.807, 2.05) is 6.07 Å². The minimum atomic E-state index is -4.76. The Balaban J connectivity index is 1.91. The zero-order chi connectivity index (χ0) is 22.9. The van der Waals surface area contributed by atoms with E-state index in [1.54, 1.807) is 45.4 Å². The van der Waals surface area contributed by atoms with Crippen LogP contribution in [0.2, 0.25) is 0 Å². The molecule has 0 aliphatic heterocycles. The number of para-hydroxylation sites is 1. The molecule has 10 heteroatoms. The number of guanidine groups is 1. The molecule has 0 unspecified atom stereocenters. The summed E-state index contributed by atoms with van der Waals surface area (Å²) in [6, 6.07) is 13.1. The van der Waals surface area contributed by atoms with Crippen molar-refractivity contribution in [2.75, 3.05) is 27.7 Å². The van der Waals surface area contributed by atoms with E-state index in [2.05, 4.69) is 20.4 Å². The summed E-state index contributed by atoms with van der Waals surface area (Å²) in [6.45, 7) is 0.410. The highest BCUT2D eigenvalue weighted by Gasteiger charge is 2.31. The average Bonchev–Trinajstić information content (AvgIpc) is 2.72. The van der Waals surface area contributed by atoms with E-state index in [9.17, 15) is 18.0 Å². The second kappa shape index (κ2) is 11.1. The number of ether oxygens (including phenoxy) is 2. The number of nitrogens with zero attached hydrogens (tertiary/aromatic N) is 2. The SMILES string of the molecule is CN=C(NCc1cccc(OCC(=O)N(C)C)c1)NCc1ccccc1OC(F)(F)F. The third kappa shape index (κ3) is 8.45. The van der Waals surface area contributed by atoms with Crippen LogP contribution in [-0.2, 0) is 17.9 Å². The van der Waals surface area contributed by atoms with Gasteiger partial charge in [-0.2, -0.15) is 0 Å². The van der Waals surface area contributed by atoms with Crippen LogP contribution in [0, 0.1) is 0 Å². The molecule has 0 saturated heterocycles. The lowest BCUT2D eigenvalue weighted by molar-refractivity contribution is -0.274. The van der Waals surface area contributed by atoms with E-state index in [0.717, 1.165) is 5.56 Å². The molecular formula is C21H25F3N4O3. The number of carbonyl (C=O) groups is 1. The number of rotatable bonds is 8. The molecule has 1 amide bonds. The van der Waals surface area contributed by atoms with E-state index in [0.29, 0.717) is 23.8 Å². The van der Waals surface area contributed by atoms with Gasteiger partial charge in [0.1, 0.15) is 11.5 Å². The normalized spacial score (nSPS) is 11.6. The molecule has 0 saturated carbocycles. The number of hydrogen-bond donors (Lipinski definition) is 2. The van der Waals surface area contributed by atoms with Crippen molar-refractivity contribution in [1.82, 2.24) is 15.5 Å². The number of carbonyl (C=O) groups excluding carboxylic acids is 1. The van der Waals surface area contributed by atoms with Crippen LogP contribution in [0.4, 0.5) is 13.2 Å². The van der Waals surface area contributed by atoms with Gasteiger partial charge in [-0.05, 0) is 23.8 Å². The highest BCUT2D eigenvalue weighted by molar-refractivity contribution is 5.79. The van der Waals surface area contributed by atoms with E-state index in [4.69, 9.17) is 4.74 Å². The van der Waals surface area contributed by atoms with E-state index < -0.39 is 6.36 Å². The molecule has 2 aromatic carbocycles. The summed E-state index contributed by atoms with van der Waals surface area (Å²) in [5, 5.41) is 6.04. The number of hydrogen-bond acceptors (Lipinski definition) is 4. The first-order valence-electron chi connectivity index (χ1n) is 9.38. The van der Waals surface area contributed by atoms with Gasteiger partial charge in [0, 0.05) is 39.8 Å². The van der Waals surface area contributed by atoms with Gasteiger partial charge in [-0.1, -0.05) is 30.3 Å². The predicted octanol–water partition coefficient (Wildman–Crippen LogP) is 2.92. The Labute approximate surface area is 178 Å². The smallest absolute Gasteiger partial charge is 0.484 e. The highest BCUT2D eigenvalue weighted by Crippen LogP contribution is 2.26. The third-order valence-corrected chi connectivity index (χ3v) is 4.09. The molecule has 0 aliphatic carbocycles. The number of benzene rings is 2. The summed E-state index contributed by atoms with van der Waals surface area (Å²) in [7, 11) is 4.86. The summed E-state index contributed by atoms with van der Waals surface area (Å²) in [5.74, 6) is 0.532. The number of halogens is 3. The van der Waals surface area contributed by atoms with E-state index in [1.165, 1.54) is 23.1 Å². The average molecular weight is 438 g/mol. The lowest BCUT2D eigenvalue weighted by atomic mass is 10.2. The number of likely N-dealkylation sites (N-methyl/N-ethyl adjacent to an activating group) is 1. The summed E-state index contributed by atoms with van der Waals surface area (Å²) >= 11 is 0. The van der Waals surface area contributed by atoms with Crippen LogP contribution < -0.4 is 20.1 Å². The van der Waals surface area contributed by atoms with Gasteiger partial charge in [-0.25, -0.2) is 0 Å². The van der Waals surface area contributed by atoms with Crippen molar-refractivity contribution < 1.29 is 27.4 Å². The molecule has 0 atom stereocenters. The summed E-state index contributed by atoms with van der Waals surface area (Å²) in [4.78, 5) is 17.2. The van der Waals surface area contributed by atoms with E-state index >= 15 is 0 Å². The predicted molar refractivity (Wildman–Crippen MR) is 111 cm³/mol. The Morgan fingerprint density at radius 2 is 1.77 bits per heavy atom. The molecule has 0 aromatic heterocycles. The monoisotopic (exact) mass is 438 g/mol. The van der Waals surface area contributed by atoms with Gasteiger partial charge >= 0.3 is 6.36 Å². The van der Waals surface area contributed by atoms with Gasteiger partial charge < -0.3 is 25.0 Å². The Bertz CT molecular complexity index is 901. The fourth-order valence-electron chi connectivity index (χ4n) is 2.48. The molecule has 0 radical (unpaired) electrons. The minimum absolute atomic E-state index is 0.0630. The first-order valence-corrected chi connectivity index (χ1v) is 9.38. The van der Waals surface area contributed by atoms with Crippen LogP contribution in [-0.4, -0.2) is 50.9 Å². The van der Waals surface area contributed by atoms with Crippen LogP contribution in [0.5, 0.6) is 11.5 Å². The number of nitrogens with one attached hydrogen (secondary N) is 2. The van der Waals surface area contributed by atoms with Gasteiger partial charge in [0.15, 0.2) is 12.6 Å². The number of alkyl halides is 3. The van der Waals surface area contributed by atoms with Crippen molar-refractivity contribution in [2.45, 2.75) is 19.5 Å². The molecule has 0 bridgehead atoms. The molecule has 0 spiro atoms. The molecule has 2 aromatic rings. The fourth-order valence-corrected chi connectivity index (χ4v) is 2.48. The second-order valence-electron chi connectivity index (χ2n) is 6.66. The van der Waals surface area contributed by atoms with Crippen molar-refractivity contribution in [2.24, 2.45) is 4.99 Å². The number of amides is 1. The molecule has 2 N–H and O–H groups in total. The number of aliphatic imine (C=N–C) groups is 1. The lowest BCUT2D eigenvalue weighted by Gasteiger charge is -2.16. The van der Waals surface area contributed by atoms with Gasteiger partial charge in [-0.15, -0.1) is 13.2 Å². The van der Waals surface area contributed by atoms with Crippen LogP contribution in [0.1, 0.15) is 11.1 Å². The summed E-state index contributed by atoms with van der Waals surface area (Å²) in [5.41, 5.74) is 1.21. The fraction of sp³-hybridized carbons (Fsp3) is 0.333. The van der Waals surface area contributed by atoms with Crippen LogP contribution in [0.25, 0.3) is 0 Å². The molecule has 2 rings (SSSR count). The minimum Gasteiger partial charge on any atom is -0.484 e. The Hall–Kier alpha value is -3.43. The zero-order valence-corrected chi connectivity index (χ0v) is 17.5. The lowest BCUT2D eigenvalue weighted by Crippen LogP contribution is -2.36. The maximum absolute atomic E-state index is 12.6. The highest BCUT2D eigenvalue weighted by atomic mass is 19.4. The second-order valence-corrected chi connectivity index (χ2v) is 6.66. The Morgan fingerprint density at radius 1 is 1.06 bits per heavy atom. The maximum atomic E-state index is 12.6. The van der Waals surface area contributed by atoms with E-state index in [-0.39, 0.29) is 24.8 Å². The van der Waals surface area contributed by atoms with Crippen LogP contribution >= 0.6 is 0 Å². The van der Waals surface area contributed by atoms with Crippen molar-refractivity contribution in [3.05, 3.63) is 59.7 Å². The van der Waals surface area contributed by atoms with Crippen molar-refractivity contribution in [3.63, 3.8) is 0 Å². The van der Waals surface area contributed by atoms with Crippen LogP contribution in [0.15, 0.2) is 53.5 Å². The molecule has 0 heterocycles. The molecule has 0 aliphatic rings. The first-order chi connectivity index (χ1) is 14.7. The van der Waals surface area contributed by atoms with Gasteiger partial charge in [0.2, 0.25) is 0 Å². The third-order valence-electron chi connectivity index (χ3n) is 4.09. The van der Waals surface area contributed by atoms with Crippen LogP contribution in [0.3, 0.4) is 0 Å². The van der Waals surface area contributed by atoms with Crippen molar-refractivity contribution in [3.8, 4) is 11.5 Å². The van der Waals surface area contributed by atoms with Crippen molar-refractivity contribution >= 4 is 11.9 Å². The quantitative estimate of drug-likeness (QED) is 0.490. The van der Waals surface area contributed by atoms with Crippen molar-refractivity contribution in [1.29, 1.82) is 0 Å². The first kappa shape index (κ1) is 23.8. The molecule has 7 nitrogen and oxygen atoms in total. The summed E-state index contributed by atoms with van der Waals surface area (Å²) < 4.78 is 47.2. The maximum Gasteiger partial charge on any atom is 0.573 e. The Kier molecular flexibility index (Phi) is 8.53. The van der Waals surface area contributed by atoms with Gasteiger partial charge in [0.25, 0.3) is 5.91 Å². The Morgan fingerprint density at radius 3 is 2.45 bits per heavy atom. The largest absolute Gasteiger partial charge is 0.573 e. The molecule has 0 fully saturated rings. The topological polar surface area (TPSA) is 75.2 Å². The standard InChI is InChI=1S/C21H25F3N4O3/c1-25-20(27-13-16-8-4-5-10-18(16)31-21(22,23)24)26-12-15-7-6-9-17(11-15)30-14-19(29)28(2)3/h4-11H,12-14H2,1-3H3,(H2,25,26,27). The molecule has 31 heavy (non-hydrogen) atoms. The molecule has 168 valence electrons. The molecular weight excluding hydrogens is 413 g/mol. The summed E-state index contributed by atoms with van der Waals surface area (Å²) in [6.07, 6.45) is -4.76.